The minimum atomic E-state index is -0.123. The lowest BCUT2D eigenvalue weighted by atomic mass is 10.1. The molecule has 0 aliphatic heterocycles. The second-order valence-electron chi connectivity index (χ2n) is 5.50. The van der Waals surface area contributed by atoms with Gasteiger partial charge < -0.3 is 9.40 Å². The van der Waals surface area contributed by atoms with E-state index in [1.54, 1.807) is 38.4 Å². The Balaban J connectivity index is 1.70. The van der Waals surface area contributed by atoms with Gasteiger partial charge in [-0.2, -0.15) is 0 Å². The van der Waals surface area contributed by atoms with Crippen LogP contribution in [-0.2, 0) is 0 Å². The van der Waals surface area contributed by atoms with E-state index >= 15 is 0 Å². The van der Waals surface area contributed by atoms with Crippen LogP contribution in [0.3, 0.4) is 0 Å². The maximum Gasteiger partial charge on any atom is 0.277 e. The predicted molar refractivity (Wildman–Crippen MR) is 92.9 cm³/mol. The number of ketones is 2. The lowest BCUT2D eigenvalue weighted by Gasteiger charge is -1.99. The second kappa shape index (κ2) is 7.02. The zero-order valence-electron chi connectivity index (χ0n) is 14.0. The molecule has 0 aliphatic rings. The Bertz CT molecular complexity index is 931. The number of pyridine rings is 1. The quantitative estimate of drug-likeness (QED) is 0.534. The van der Waals surface area contributed by atoms with E-state index in [0.29, 0.717) is 33.6 Å². The van der Waals surface area contributed by atoms with Gasteiger partial charge in [-0.05, 0) is 38.5 Å². The summed E-state index contributed by atoms with van der Waals surface area (Å²) in [6.07, 6.45) is 3.28. The summed E-state index contributed by atoms with van der Waals surface area (Å²) in [5, 5.41) is 8.22. The van der Waals surface area contributed by atoms with Gasteiger partial charge in [-0.3, -0.25) is 14.6 Å². The molecule has 0 saturated heterocycles. The van der Waals surface area contributed by atoms with E-state index in [0.717, 1.165) is 17.3 Å². The van der Waals surface area contributed by atoms with Crippen LogP contribution in [0.4, 0.5) is 0 Å². The van der Waals surface area contributed by atoms with Gasteiger partial charge >= 0.3 is 0 Å². The third-order valence-corrected chi connectivity index (χ3v) is 4.55. The van der Waals surface area contributed by atoms with Crippen LogP contribution in [0.15, 0.2) is 34.2 Å². The Morgan fingerprint density at radius 1 is 1.20 bits per heavy atom. The Hall–Kier alpha value is -2.74. The number of Topliss-reactive ketones (excluding diaryl/α,β-unsaturated/α-hetero) is 2. The van der Waals surface area contributed by atoms with E-state index in [4.69, 9.17) is 4.42 Å². The van der Waals surface area contributed by atoms with Gasteiger partial charge in [-0.25, -0.2) is 0 Å². The lowest BCUT2D eigenvalue weighted by Crippen LogP contribution is -2.05. The molecule has 0 spiro atoms. The summed E-state index contributed by atoms with van der Waals surface area (Å²) < 4.78 is 5.55. The number of H-pyrrole nitrogens is 1. The zero-order valence-corrected chi connectivity index (χ0v) is 14.8. The highest BCUT2D eigenvalue weighted by atomic mass is 32.2. The highest BCUT2D eigenvalue weighted by Crippen LogP contribution is 2.25. The van der Waals surface area contributed by atoms with E-state index in [1.807, 2.05) is 0 Å². The molecule has 0 bridgehead atoms. The number of nitrogens with zero attached hydrogens (tertiary/aromatic N) is 3. The molecule has 1 N–H and O–H groups in total. The molecule has 0 unspecified atom stereocenters. The van der Waals surface area contributed by atoms with Crippen molar-refractivity contribution in [3.8, 4) is 11.5 Å². The first-order valence-corrected chi connectivity index (χ1v) is 8.56. The number of aryl methyl sites for hydroxylation is 1. The van der Waals surface area contributed by atoms with Crippen LogP contribution in [0, 0.1) is 13.8 Å². The van der Waals surface area contributed by atoms with E-state index in [1.165, 1.54) is 6.92 Å². The van der Waals surface area contributed by atoms with Gasteiger partial charge in [0.1, 0.15) is 0 Å². The molecular weight excluding hydrogens is 340 g/mol. The normalized spacial score (nSPS) is 10.8. The fourth-order valence-electron chi connectivity index (χ4n) is 2.64. The van der Waals surface area contributed by atoms with E-state index in [9.17, 15) is 9.59 Å². The SMILES string of the molecule is CC(=O)c1c(C)[nH]c(C(=O)CSc2nnc(-c3ccncc3)o2)c1C. The molecule has 8 heteroatoms. The van der Waals surface area contributed by atoms with E-state index < -0.39 is 0 Å². The highest BCUT2D eigenvalue weighted by molar-refractivity contribution is 7.99. The third kappa shape index (κ3) is 3.53. The van der Waals surface area contributed by atoms with Crippen LogP contribution in [-0.4, -0.2) is 37.5 Å². The molecule has 0 radical (unpaired) electrons. The van der Waals surface area contributed by atoms with Crippen LogP contribution < -0.4 is 0 Å². The van der Waals surface area contributed by atoms with Gasteiger partial charge in [0.15, 0.2) is 11.6 Å². The standard InChI is InChI=1S/C17H16N4O3S/c1-9-14(11(3)22)10(2)19-15(9)13(23)8-25-17-21-20-16(24-17)12-4-6-18-7-5-12/h4-7,19H,8H2,1-3H3. The summed E-state index contributed by atoms with van der Waals surface area (Å²) in [4.78, 5) is 31.0. The largest absolute Gasteiger partial charge is 0.411 e. The van der Waals surface area contributed by atoms with Crippen molar-refractivity contribution in [2.75, 3.05) is 5.75 Å². The summed E-state index contributed by atoms with van der Waals surface area (Å²) in [7, 11) is 0. The minimum absolute atomic E-state index is 0.0585. The smallest absolute Gasteiger partial charge is 0.277 e. The Labute approximate surface area is 148 Å². The summed E-state index contributed by atoms with van der Waals surface area (Å²) in [6.45, 7) is 5.05. The maximum absolute atomic E-state index is 12.4. The first-order valence-electron chi connectivity index (χ1n) is 7.57. The van der Waals surface area contributed by atoms with Gasteiger partial charge in [-0.1, -0.05) is 11.8 Å². The number of thioether (sulfide) groups is 1. The molecule has 128 valence electrons. The first kappa shape index (κ1) is 17.1. The van der Waals surface area contributed by atoms with Gasteiger partial charge in [0.2, 0.25) is 5.89 Å². The number of rotatable bonds is 6. The van der Waals surface area contributed by atoms with E-state index in [-0.39, 0.29) is 17.3 Å². The van der Waals surface area contributed by atoms with Crippen molar-refractivity contribution in [3.63, 3.8) is 0 Å². The number of aromatic nitrogens is 4. The average molecular weight is 356 g/mol. The predicted octanol–water partition coefficient (Wildman–Crippen LogP) is 3.25. The molecule has 0 aliphatic carbocycles. The number of nitrogens with one attached hydrogen (secondary N) is 1. The fraction of sp³-hybridized carbons (Fsp3) is 0.235. The molecule has 3 heterocycles. The van der Waals surface area contributed by atoms with Crippen LogP contribution in [0.25, 0.3) is 11.5 Å². The molecule has 7 nitrogen and oxygen atoms in total. The van der Waals surface area contributed by atoms with Crippen molar-refractivity contribution in [1.29, 1.82) is 0 Å². The van der Waals surface area contributed by atoms with Crippen molar-refractivity contribution in [2.24, 2.45) is 0 Å². The maximum atomic E-state index is 12.4. The molecule has 3 aromatic heterocycles. The van der Waals surface area contributed by atoms with Crippen molar-refractivity contribution < 1.29 is 14.0 Å². The van der Waals surface area contributed by atoms with Crippen molar-refractivity contribution in [1.82, 2.24) is 20.2 Å². The molecule has 0 atom stereocenters. The van der Waals surface area contributed by atoms with Gasteiger partial charge in [0.05, 0.1) is 11.4 Å². The van der Waals surface area contributed by atoms with Crippen LogP contribution >= 0.6 is 11.8 Å². The van der Waals surface area contributed by atoms with Crippen molar-refractivity contribution >= 4 is 23.3 Å². The molecule has 0 aromatic carbocycles. The Morgan fingerprint density at radius 2 is 1.92 bits per heavy atom. The summed E-state index contributed by atoms with van der Waals surface area (Å²) in [6, 6.07) is 3.53. The van der Waals surface area contributed by atoms with Crippen LogP contribution in [0.2, 0.25) is 0 Å². The molecule has 3 aromatic rings. The Kier molecular flexibility index (Phi) is 4.80. The number of hydrogen-bond acceptors (Lipinski definition) is 7. The summed E-state index contributed by atoms with van der Waals surface area (Å²) >= 11 is 1.16. The first-order chi connectivity index (χ1) is 12.0. The van der Waals surface area contributed by atoms with Gasteiger partial charge in [-0.15, -0.1) is 10.2 Å². The zero-order chi connectivity index (χ0) is 18.0. The van der Waals surface area contributed by atoms with Crippen molar-refractivity contribution in [2.45, 2.75) is 26.0 Å². The van der Waals surface area contributed by atoms with Crippen LogP contribution in [0.5, 0.6) is 0 Å². The fourth-order valence-corrected chi connectivity index (χ4v) is 3.27. The second-order valence-corrected chi connectivity index (χ2v) is 6.43. The minimum Gasteiger partial charge on any atom is -0.411 e. The molecule has 3 rings (SSSR count). The lowest BCUT2D eigenvalue weighted by molar-refractivity contribution is 0.101. The summed E-state index contributed by atoms with van der Waals surface area (Å²) in [5.41, 5.74) is 3.17. The molecule has 0 saturated carbocycles. The number of aromatic amines is 1. The Morgan fingerprint density at radius 3 is 2.56 bits per heavy atom. The van der Waals surface area contributed by atoms with E-state index in [2.05, 4.69) is 20.2 Å². The number of hydrogen-bond donors (Lipinski definition) is 1. The van der Waals surface area contributed by atoms with Crippen LogP contribution in [0.1, 0.15) is 39.0 Å². The van der Waals surface area contributed by atoms with Gasteiger partial charge in [0.25, 0.3) is 5.22 Å². The monoisotopic (exact) mass is 356 g/mol. The number of carbonyl (C=O) groups is 2. The topological polar surface area (TPSA) is 102 Å². The molecule has 0 fully saturated rings. The molecular formula is C17H16N4O3S. The summed E-state index contributed by atoms with van der Waals surface area (Å²) in [5.74, 6) is 0.331. The average Bonchev–Trinajstić information content (AvgIpc) is 3.18. The molecule has 0 amide bonds. The van der Waals surface area contributed by atoms with Gasteiger partial charge in [0, 0.05) is 29.2 Å². The number of carbonyl (C=O) groups excluding carboxylic acids is 2. The molecule has 25 heavy (non-hydrogen) atoms. The van der Waals surface area contributed by atoms with Crippen molar-refractivity contribution in [3.05, 3.63) is 47.0 Å². The third-order valence-electron chi connectivity index (χ3n) is 3.73. The highest BCUT2D eigenvalue weighted by Gasteiger charge is 2.20.